The van der Waals surface area contributed by atoms with Crippen LogP contribution in [0.4, 0.5) is 0 Å². The summed E-state index contributed by atoms with van der Waals surface area (Å²) in [5.74, 6) is -1.11. The highest BCUT2D eigenvalue weighted by atomic mass is 32.1. The zero-order chi connectivity index (χ0) is 18.4. The van der Waals surface area contributed by atoms with E-state index in [0.717, 1.165) is 15.3 Å². The molecule has 0 unspecified atom stereocenters. The van der Waals surface area contributed by atoms with Gasteiger partial charge in [0.15, 0.2) is 5.78 Å². The van der Waals surface area contributed by atoms with Gasteiger partial charge in [0, 0.05) is 34.7 Å². The minimum Gasteiger partial charge on any atom is -0.478 e. The summed E-state index contributed by atoms with van der Waals surface area (Å²) in [6.45, 7) is 4.33. The first-order valence-corrected chi connectivity index (χ1v) is 8.87. The molecule has 0 bridgehead atoms. The minimum absolute atomic E-state index is 0.00117. The summed E-state index contributed by atoms with van der Waals surface area (Å²) >= 11 is 1.59. The maximum absolute atomic E-state index is 12.1. The Hall–Kier alpha value is -2.47. The molecule has 0 aliphatic heterocycles. The van der Waals surface area contributed by atoms with Crippen molar-refractivity contribution in [1.82, 2.24) is 5.32 Å². The average Bonchev–Trinajstić information content (AvgIpc) is 2.91. The predicted octanol–water partition coefficient (Wildman–Crippen LogP) is 3.38. The van der Waals surface area contributed by atoms with Crippen LogP contribution in [-0.2, 0) is 11.2 Å². The van der Waals surface area contributed by atoms with Gasteiger partial charge in [0.2, 0.25) is 5.91 Å². The molecule has 0 saturated carbocycles. The van der Waals surface area contributed by atoms with E-state index in [-0.39, 0.29) is 30.1 Å². The third kappa shape index (κ3) is 5.53. The average molecular weight is 359 g/mol. The van der Waals surface area contributed by atoms with Gasteiger partial charge < -0.3 is 10.4 Å². The molecule has 25 heavy (non-hydrogen) atoms. The van der Waals surface area contributed by atoms with Gasteiger partial charge in [-0.2, -0.15) is 0 Å². The number of carbonyl (C=O) groups is 3. The van der Waals surface area contributed by atoms with Gasteiger partial charge in [0.1, 0.15) is 0 Å². The van der Waals surface area contributed by atoms with Crippen molar-refractivity contribution in [3.8, 4) is 0 Å². The molecule has 0 aliphatic carbocycles. The zero-order valence-electron chi connectivity index (χ0n) is 14.3. The number of thiophene rings is 1. The van der Waals surface area contributed by atoms with Crippen LogP contribution in [0.2, 0.25) is 0 Å². The summed E-state index contributed by atoms with van der Waals surface area (Å²) in [7, 11) is 0. The van der Waals surface area contributed by atoms with Crippen LogP contribution in [0.25, 0.3) is 0 Å². The Morgan fingerprint density at radius 1 is 1.08 bits per heavy atom. The van der Waals surface area contributed by atoms with Crippen molar-refractivity contribution in [1.29, 1.82) is 0 Å². The van der Waals surface area contributed by atoms with E-state index >= 15 is 0 Å². The van der Waals surface area contributed by atoms with Gasteiger partial charge in [-0.1, -0.05) is 12.1 Å². The third-order valence-corrected chi connectivity index (χ3v) is 4.82. The largest absolute Gasteiger partial charge is 0.478 e. The van der Waals surface area contributed by atoms with Crippen LogP contribution >= 0.6 is 11.3 Å². The number of rotatable bonds is 8. The second-order valence-electron chi connectivity index (χ2n) is 5.85. The van der Waals surface area contributed by atoms with Gasteiger partial charge in [-0.25, -0.2) is 4.79 Å². The van der Waals surface area contributed by atoms with Gasteiger partial charge in [-0.15, -0.1) is 11.3 Å². The number of Topliss-reactive ketones (excluding diaryl/α,β-unsaturated/α-hetero) is 1. The van der Waals surface area contributed by atoms with Gasteiger partial charge in [0.05, 0.1) is 5.56 Å². The number of carboxylic acid groups (broad SMARTS) is 1. The Balaban J connectivity index is 1.72. The molecule has 2 aromatic rings. The molecule has 0 spiro atoms. The van der Waals surface area contributed by atoms with E-state index in [1.165, 1.54) is 0 Å². The summed E-state index contributed by atoms with van der Waals surface area (Å²) in [4.78, 5) is 36.9. The van der Waals surface area contributed by atoms with E-state index in [9.17, 15) is 14.4 Å². The number of carbonyl (C=O) groups excluding carboxylic acids is 2. The van der Waals surface area contributed by atoms with Crippen LogP contribution in [0, 0.1) is 13.8 Å². The number of benzene rings is 1. The molecule has 1 heterocycles. The normalized spacial score (nSPS) is 10.5. The lowest BCUT2D eigenvalue weighted by Crippen LogP contribution is -2.26. The first-order valence-electron chi connectivity index (χ1n) is 8.06. The number of ketones is 1. The van der Waals surface area contributed by atoms with Crippen molar-refractivity contribution in [2.75, 3.05) is 6.54 Å². The predicted molar refractivity (Wildman–Crippen MR) is 97.5 cm³/mol. The standard InChI is InChI=1S/C19H21NO4S/c1-12-11-16(13(2)25-12)17(21)7-8-18(22)20-10-9-14-3-5-15(6-4-14)19(23)24/h3-6,11H,7-10H2,1-2H3,(H,20,22)(H,23,24). The van der Waals surface area contributed by atoms with Crippen LogP contribution in [0.3, 0.4) is 0 Å². The van der Waals surface area contributed by atoms with Crippen molar-refractivity contribution in [2.45, 2.75) is 33.1 Å². The van der Waals surface area contributed by atoms with Gasteiger partial charge in [0.25, 0.3) is 0 Å². The molecule has 1 aromatic heterocycles. The van der Waals surface area contributed by atoms with Crippen molar-refractivity contribution in [2.24, 2.45) is 0 Å². The van der Waals surface area contributed by atoms with Crippen LogP contribution in [0.15, 0.2) is 30.3 Å². The summed E-state index contributed by atoms with van der Waals surface area (Å²) < 4.78 is 0. The summed E-state index contributed by atoms with van der Waals surface area (Å²) in [6, 6.07) is 8.44. The van der Waals surface area contributed by atoms with Crippen molar-refractivity contribution < 1.29 is 19.5 Å². The first kappa shape index (κ1) is 18.9. The van der Waals surface area contributed by atoms with E-state index in [0.29, 0.717) is 18.5 Å². The van der Waals surface area contributed by atoms with Crippen molar-refractivity contribution >= 4 is 29.0 Å². The van der Waals surface area contributed by atoms with E-state index < -0.39 is 5.97 Å². The summed E-state index contributed by atoms with van der Waals surface area (Å²) in [5, 5.41) is 11.6. The summed E-state index contributed by atoms with van der Waals surface area (Å²) in [6.07, 6.45) is 0.990. The van der Waals surface area contributed by atoms with E-state index in [2.05, 4.69) is 5.32 Å². The molecule has 0 radical (unpaired) electrons. The maximum Gasteiger partial charge on any atom is 0.335 e. The van der Waals surface area contributed by atoms with Gasteiger partial charge in [-0.05, 0) is 44.0 Å². The van der Waals surface area contributed by atoms with Crippen molar-refractivity contribution in [3.05, 3.63) is 56.8 Å². The van der Waals surface area contributed by atoms with E-state index in [4.69, 9.17) is 5.11 Å². The molecular weight excluding hydrogens is 338 g/mol. The SMILES string of the molecule is Cc1cc(C(=O)CCC(=O)NCCc2ccc(C(=O)O)cc2)c(C)s1. The fourth-order valence-corrected chi connectivity index (χ4v) is 3.46. The lowest BCUT2D eigenvalue weighted by atomic mass is 10.1. The molecule has 2 N–H and O–H groups in total. The van der Waals surface area contributed by atoms with Crippen LogP contribution < -0.4 is 5.32 Å². The maximum atomic E-state index is 12.1. The Labute approximate surface area is 150 Å². The number of hydrogen-bond acceptors (Lipinski definition) is 4. The number of carboxylic acids is 1. The smallest absolute Gasteiger partial charge is 0.335 e. The monoisotopic (exact) mass is 359 g/mol. The second-order valence-corrected chi connectivity index (χ2v) is 7.31. The topological polar surface area (TPSA) is 83.5 Å². The highest BCUT2D eigenvalue weighted by Gasteiger charge is 2.13. The highest BCUT2D eigenvalue weighted by Crippen LogP contribution is 2.22. The third-order valence-electron chi connectivity index (χ3n) is 3.86. The Morgan fingerprint density at radius 3 is 2.32 bits per heavy atom. The Kier molecular flexibility index (Phi) is 6.47. The summed E-state index contributed by atoms with van der Waals surface area (Å²) in [5.41, 5.74) is 1.91. The van der Waals surface area contributed by atoms with E-state index in [1.807, 2.05) is 19.9 Å². The zero-order valence-corrected chi connectivity index (χ0v) is 15.1. The molecule has 0 atom stereocenters. The van der Waals surface area contributed by atoms with Crippen LogP contribution in [0.5, 0.6) is 0 Å². The number of hydrogen-bond donors (Lipinski definition) is 2. The first-order chi connectivity index (χ1) is 11.9. The minimum atomic E-state index is -0.958. The van der Waals surface area contributed by atoms with E-state index in [1.54, 1.807) is 35.6 Å². The number of aromatic carboxylic acids is 1. The molecular formula is C19H21NO4S. The number of amides is 1. The number of aryl methyl sites for hydroxylation is 2. The van der Waals surface area contributed by atoms with Gasteiger partial charge in [-0.3, -0.25) is 9.59 Å². The Morgan fingerprint density at radius 2 is 1.76 bits per heavy atom. The second kappa shape index (κ2) is 8.58. The molecule has 2 rings (SSSR count). The van der Waals surface area contributed by atoms with Crippen LogP contribution in [0.1, 0.15) is 48.9 Å². The molecule has 5 nitrogen and oxygen atoms in total. The van der Waals surface area contributed by atoms with Crippen LogP contribution in [-0.4, -0.2) is 29.3 Å². The molecule has 132 valence electrons. The Bertz CT molecular complexity index is 777. The quantitative estimate of drug-likeness (QED) is 0.708. The fourth-order valence-electron chi connectivity index (χ4n) is 2.52. The molecule has 6 heteroatoms. The molecule has 0 saturated heterocycles. The van der Waals surface area contributed by atoms with Gasteiger partial charge >= 0.3 is 5.97 Å². The lowest BCUT2D eigenvalue weighted by Gasteiger charge is -2.06. The molecule has 0 fully saturated rings. The molecule has 1 aromatic carbocycles. The lowest BCUT2D eigenvalue weighted by molar-refractivity contribution is -0.121. The van der Waals surface area contributed by atoms with Crippen molar-refractivity contribution in [3.63, 3.8) is 0 Å². The highest BCUT2D eigenvalue weighted by molar-refractivity contribution is 7.12. The number of nitrogens with one attached hydrogen (secondary N) is 1. The molecule has 1 amide bonds. The fraction of sp³-hybridized carbons (Fsp3) is 0.316. The molecule has 0 aliphatic rings.